The van der Waals surface area contributed by atoms with Crippen molar-refractivity contribution in [3.63, 3.8) is 0 Å². The van der Waals surface area contributed by atoms with Gasteiger partial charge in [0, 0.05) is 5.39 Å². The summed E-state index contributed by atoms with van der Waals surface area (Å²) in [5.41, 5.74) is -1.98. The van der Waals surface area contributed by atoms with E-state index in [9.17, 15) is 57.9 Å². The lowest BCUT2D eigenvalue weighted by Crippen LogP contribution is -2.06. The Labute approximate surface area is 238 Å². The monoisotopic (exact) mass is 667 g/mol. The van der Waals surface area contributed by atoms with Crippen LogP contribution < -0.4 is 5.32 Å². The van der Waals surface area contributed by atoms with Crippen LogP contribution in [0.25, 0.3) is 10.8 Å². The first-order valence-electron chi connectivity index (χ1n) is 10.4. The van der Waals surface area contributed by atoms with Gasteiger partial charge in [-0.05, 0) is 35.7 Å². The van der Waals surface area contributed by atoms with Crippen molar-refractivity contribution in [3.05, 3.63) is 53.4 Å². The Morgan fingerprint density at radius 1 is 0.810 bits per heavy atom. The van der Waals surface area contributed by atoms with Crippen molar-refractivity contribution < 1.29 is 57.9 Å². The number of nitrogens with zero attached hydrogens (tertiary/aromatic N) is 4. The van der Waals surface area contributed by atoms with Crippen LogP contribution in [0.5, 0.6) is 11.5 Å². The largest absolute Gasteiger partial charge is 0.505 e. The molecule has 222 valence electrons. The van der Waals surface area contributed by atoms with Crippen molar-refractivity contribution >= 4 is 75.6 Å². The van der Waals surface area contributed by atoms with Crippen LogP contribution in [0.1, 0.15) is 0 Å². The molecule has 6 N–H and O–H groups in total. The van der Waals surface area contributed by atoms with Crippen LogP contribution in [-0.2, 0) is 30.4 Å². The van der Waals surface area contributed by atoms with E-state index >= 15 is 0 Å². The van der Waals surface area contributed by atoms with E-state index in [1.54, 1.807) is 0 Å². The minimum atomic E-state index is -5.36. The summed E-state index contributed by atoms with van der Waals surface area (Å²) in [6.07, 6.45) is -1.51. The molecule has 4 rings (SSSR count). The summed E-state index contributed by atoms with van der Waals surface area (Å²) in [4.78, 5) is 2.33. The molecule has 3 aromatic carbocycles. The molecule has 0 bridgehead atoms. The fraction of sp³-hybridized carbons (Fsp3) is 0. The van der Waals surface area contributed by atoms with Gasteiger partial charge in [-0.15, -0.1) is 10.2 Å². The average molecular weight is 668 g/mol. The van der Waals surface area contributed by atoms with Crippen LogP contribution in [0, 0.1) is 12.0 Å². The van der Waals surface area contributed by atoms with Crippen molar-refractivity contribution in [2.45, 2.75) is 14.7 Å². The van der Waals surface area contributed by atoms with Gasteiger partial charge in [0.1, 0.15) is 26.2 Å². The highest BCUT2D eigenvalue weighted by atomic mass is 35.5. The van der Waals surface area contributed by atoms with Gasteiger partial charge in [-0.25, -0.2) is 0 Å². The molecule has 0 aliphatic carbocycles. The lowest BCUT2D eigenvalue weighted by molar-refractivity contribution is 0.469. The number of halogens is 3. The molecular formula is C20H12ClF2N5O11S3. The Morgan fingerprint density at radius 3 is 2.05 bits per heavy atom. The summed E-state index contributed by atoms with van der Waals surface area (Å²) >= 11 is 5.68. The van der Waals surface area contributed by atoms with Crippen LogP contribution in [0.15, 0.2) is 61.3 Å². The zero-order valence-corrected chi connectivity index (χ0v) is 23.0. The first kappa shape index (κ1) is 30.8. The third kappa shape index (κ3) is 6.06. The second-order valence-corrected chi connectivity index (χ2v) is 12.5. The molecule has 0 atom stereocenters. The number of anilines is 2. The van der Waals surface area contributed by atoms with Crippen LogP contribution in [-0.4, -0.2) is 59.1 Å². The van der Waals surface area contributed by atoms with E-state index in [1.807, 2.05) is 0 Å². The van der Waals surface area contributed by atoms with E-state index in [1.165, 1.54) is 6.07 Å². The summed E-state index contributed by atoms with van der Waals surface area (Å²) in [5.74, 6) is -4.21. The fourth-order valence-electron chi connectivity index (χ4n) is 3.49. The zero-order valence-electron chi connectivity index (χ0n) is 19.8. The van der Waals surface area contributed by atoms with Gasteiger partial charge < -0.3 is 15.5 Å². The molecule has 1 heterocycles. The molecule has 0 spiro atoms. The van der Waals surface area contributed by atoms with Crippen molar-refractivity contribution in [2.75, 3.05) is 5.32 Å². The predicted octanol–water partition coefficient (Wildman–Crippen LogP) is 3.87. The predicted molar refractivity (Wildman–Crippen MR) is 138 cm³/mol. The summed E-state index contributed by atoms with van der Waals surface area (Å²) in [6.45, 7) is 0. The highest BCUT2D eigenvalue weighted by molar-refractivity contribution is 7.87. The second kappa shape index (κ2) is 10.6. The van der Waals surface area contributed by atoms with Crippen LogP contribution in [0.4, 0.5) is 31.7 Å². The molecule has 0 aliphatic heterocycles. The molecule has 0 saturated carbocycles. The lowest BCUT2D eigenvalue weighted by Gasteiger charge is -2.13. The number of benzene rings is 3. The highest BCUT2D eigenvalue weighted by Crippen LogP contribution is 2.45. The number of hydrogen-bond acceptors (Lipinski definition) is 13. The van der Waals surface area contributed by atoms with E-state index in [4.69, 9.17) is 11.6 Å². The standard InChI is InChI=1S/C20H12ClF2N5O11S3/c21-14-18(22)25-20(23)26-19(14)24-9-2-1-3-10(16(9)29)27-28-15-12(42(37,38)39)5-7-4-8(40(31,32)33)6-11(41(34,35)36)13(7)17(15)30/h1-6,29-30H,(H,24,25,26)(H,31,32,33)(H,34,35,36)(H,37,38,39). The van der Waals surface area contributed by atoms with Gasteiger partial charge in [-0.1, -0.05) is 17.7 Å². The molecule has 0 radical (unpaired) electrons. The summed E-state index contributed by atoms with van der Waals surface area (Å²) < 4.78 is 127. The number of para-hydroxylation sites is 1. The molecule has 16 nitrogen and oxygen atoms in total. The van der Waals surface area contributed by atoms with E-state index in [2.05, 4.69) is 25.5 Å². The first-order chi connectivity index (χ1) is 19.3. The minimum absolute atomic E-state index is 0.256. The van der Waals surface area contributed by atoms with Gasteiger partial charge >= 0.3 is 6.08 Å². The molecule has 22 heteroatoms. The third-order valence-electron chi connectivity index (χ3n) is 5.25. The number of phenols is 2. The van der Waals surface area contributed by atoms with Gasteiger partial charge in [-0.3, -0.25) is 13.7 Å². The number of nitrogens with one attached hydrogen (secondary N) is 1. The van der Waals surface area contributed by atoms with E-state index in [0.717, 1.165) is 12.1 Å². The molecule has 0 saturated heterocycles. The molecule has 0 fully saturated rings. The molecule has 0 amide bonds. The third-order valence-corrected chi connectivity index (χ3v) is 8.16. The molecule has 0 aliphatic rings. The number of aromatic hydroxyl groups is 2. The topological polar surface area (TPSA) is 266 Å². The number of fused-ring (bicyclic) bond motifs is 1. The normalized spacial score (nSPS) is 12.7. The number of rotatable bonds is 7. The SMILES string of the molecule is O=S(=O)(O)c1cc(S(=O)(=O)O)c2c(O)c(N=Nc3cccc(Nc4nc(F)nc(F)c4Cl)c3O)c(S(=O)(=O)O)cc2c1. The molecule has 4 aromatic rings. The van der Waals surface area contributed by atoms with Gasteiger partial charge in [-0.2, -0.15) is 44.0 Å². The Kier molecular flexibility index (Phi) is 7.79. The van der Waals surface area contributed by atoms with Crippen molar-refractivity contribution in [2.24, 2.45) is 10.2 Å². The van der Waals surface area contributed by atoms with Crippen LogP contribution in [0.2, 0.25) is 5.02 Å². The maximum absolute atomic E-state index is 13.6. The second-order valence-electron chi connectivity index (χ2n) is 7.96. The minimum Gasteiger partial charge on any atom is -0.505 e. The van der Waals surface area contributed by atoms with Gasteiger partial charge in [0.05, 0.1) is 10.6 Å². The van der Waals surface area contributed by atoms with Crippen molar-refractivity contribution in [1.29, 1.82) is 0 Å². The molecule has 0 unspecified atom stereocenters. The van der Waals surface area contributed by atoms with E-state index in [-0.39, 0.29) is 11.8 Å². The zero-order chi connectivity index (χ0) is 31.4. The fourth-order valence-corrected chi connectivity index (χ4v) is 5.64. The smallest absolute Gasteiger partial charge is 0.313 e. The summed E-state index contributed by atoms with van der Waals surface area (Å²) in [5, 5.41) is 28.4. The quantitative estimate of drug-likeness (QED) is 0.0537. The van der Waals surface area contributed by atoms with Crippen LogP contribution >= 0.6 is 11.6 Å². The molecular weight excluding hydrogens is 656 g/mol. The summed E-state index contributed by atoms with van der Waals surface area (Å²) in [6, 6.07) is 4.67. The lowest BCUT2D eigenvalue weighted by atomic mass is 10.1. The molecule has 1 aromatic heterocycles. The van der Waals surface area contributed by atoms with Gasteiger partial charge in [0.25, 0.3) is 30.4 Å². The van der Waals surface area contributed by atoms with Gasteiger partial charge in [0.15, 0.2) is 17.3 Å². The Morgan fingerprint density at radius 2 is 1.45 bits per heavy atom. The Bertz CT molecular complexity index is 2160. The van der Waals surface area contributed by atoms with Gasteiger partial charge in [0.2, 0.25) is 5.95 Å². The first-order valence-corrected chi connectivity index (χ1v) is 15.1. The Hall–Kier alpha value is -4.12. The number of hydrogen-bond donors (Lipinski definition) is 6. The maximum Gasteiger partial charge on any atom is 0.313 e. The van der Waals surface area contributed by atoms with E-state index in [0.29, 0.717) is 12.1 Å². The Balaban J connectivity index is 1.94. The number of azo groups is 1. The molecule has 42 heavy (non-hydrogen) atoms. The maximum atomic E-state index is 13.6. The van der Waals surface area contributed by atoms with Crippen LogP contribution in [0.3, 0.4) is 0 Å². The van der Waals surface area contributed by atoms with Crippen molar-refractivity contribution in [1.82, 2.24) is 9.97 Å². The summed E-state index contributed by atoms with van der Waals surface area (Å²) in [7, 11) is -15.8. The average Bonchev–Trinajstić information content (AvgIpc) is 2.85. The number of phenolic OH excluding ortho intramolecular Hbond substituents is 2. The highest BCUT2D eigenvalue weighted by Gasteiger charge is 2.28. The van der Waals surface area contributed by atoms with Crippen molar-refractivity contribution in [3.8, 4) is 11.5 Å². The number of aromatic nitrogens is 2. The van der Waals surface area contributed by atoms with E-state index < -0.39 is 102 Å².